The zero-order valence-corrected chi connectivity index (χ0v) is 10.6. The number of benzene rings is 1. The molecular weight excluding hydrogens is 266 g/mol. The van der Waals surface area contributed by atoms with Gasteiger partial charge in [0.2, 0.25) is 0 Å². The molecule has 0 aliphatic carbocycles. The molecule has 0 aliphatic rings. The highest BCUT2D eigenvalue weighted by atomic mass is 79.9. The number of hydrogen-bond donors (Lipinski definition) is 0. The van der Waals surface area contributed by atoms with Gasteiger partial charge in [0.15, 0.2) is 5.75 Å². The van der Waals surface area contributed by atoms with Crippen LogP contribution in [0.2, 0.25) is 0 Å². The third kappa shape index (κ3) is 2.83. The highest BCUT2D eigenvalue weighted by molar-refractivity contribution is 9.10. The molecule has 82 valence electrons. The van der Waals surface area contributed by atoms with Crippen molar-refractivity contribution >= 4 is 15.9 Å². The van der Waals surface area contributed by atoms with Crippen molar-refractivity contribution in [2.75, 3.05) is 0 Å². The molecule has 0 N–H and O–H groups in total. The van der Waals surface area contributed by atoms with Gasteiger partial charge in [-0.2, -0.15) is 0 Å². The van der Waals surface area contributed by atoms with Gasteiger partial charge in [-0.1, -0.05) is 29.8 Å². The van der Waals surface area contributed by atoms with E-state index in [0.717, 1.165) is 15.9 Å². The number of rotatable bonds is 3. The van der Waals surface area contributed by atoms with Crippen LogP contribution in [0.5, 0.6) is 5.75 Å². The fourth-order valence-electron chi connectivity index (χ4n) is 1.32. The first-order valence-electron chi connectivity index (χ1n) is 5.04. The molecule has 0 atom stereocenters. The molecule has 0 unspecified atom stereocenters. The summed E-state index contributed by atoms with van der Waals surface area (Å²) in [5.74, 6) is 0.767. The van der Waals surface area contributed by atoms with E-state index in [2.05, 4.69) is 52.1 Å². The lowest BCUT2D eigenvalue weighted by Gasteiger charge is -2.07. The Kier molecular flexibility index (Phi) is 3.57. The molecule has 0 amide bonds. The molecule has 16 heavy (non-hydrogen) atoms. The summed E-state index contributed by atoms with van der Waals surface area (Å²) in [7, 11) is 0. The lowest BCUT2D eigenvalue weighted by Crippen LogP contribution is -1.96. The van der Waals surface area contributed by atoms with Gasteiger partial charge in [0.25, 0.3) is 0 Å². The molecule has 0 fully saturated rings. The third-order valence-electron chi connectivity index (χ3n) is 2.24. The lowest BCUT2D eigenvalue weighted by atomic mass is 10.2. The molecule has 1 heterocycles. The molecule has 1 aromatic carbocycles. The molecule has 2 nitrogen and oxygen atoms in total. The van der Waals surface area contributed by atoms with E-state index in [9.17, 15) is 0 Å². The average molecular weight is 278 g/mol. The topological polar surface area (TPSA) is 22.1 Å². The number of pyridine rings is 1. The summed E-state index contributed by atoms with van der Waals surface area (Å²) < 4.78 is 6.39. The van der Waals surface area contributed by atoms with Crippen molar-refractivity contribution in [2.24, 2.45) is 0 Å². The number of aromatic nitrogens is 1. The number of halogens is 1. The summed E-state index contributed by atoms with van der Waals surface area (Å²) in [4.78, 5) is 4.10. The second-order valence-electron chi connectivity index (χ2n) is 3.57. The van der Waals surface area contributed by atoms with Crippen LogP contribution in [0, 0.1) is 6.92 Å². The van der Waals surface area contributed by atoms with E-state index in [4.69, 9.17) is 4.74 Å². The third-order valence-corrected chi connectivity index (χ3v) is 2.84. The predicted molar refractivity (Wildman–Crippen MR) is 67.4 cm³/mol. The van der Waals surface area contributed by atoms with E-state index in [-0.39, 0.29) is 0 Å². The highest BCUT2D eigenvalue weighted by Crippen LogP contribution is 2.22. The number of hydrogen-bond acceptors (Lipinski definition) is 2. The second-order valence-corrected chi connectivity index (χ2v) is 4.32. The van der Waals surface area contributed by atoms with Gasteiger partial charge in [0.1, 0.15) is 11.2 Å². The van der Waals surface area contributed by atoms with Crippen LogP contribution in [0.15, 0.2) is 47.2 Å². The Morgan fingerprint density at radius 2 is 1.94 bits per heavy atom. The van der Waals surface area contributed by atoms with Crippen molar-refractivity contribution in [3.05, 3.63) is 58.3 Å². The Labute approximate surface area is 103 Å². The maximum Gasteiger partial charge on any atom is 0.152 e. The minimum atomic E-state index is 0.560. The Hall–Kier alpha value is -1.35. The summed E-state index contributed by atoms with van der Waals surface area (Å²) in [6, 6.07) is 12.0. The van der Waals surface area contributed by atoms with Crippen LogP contribution in [0.3, 0.4) is 0 Å². The van der Waals surface area contributed by atoms with E-state index in [1.807, 2.05) is 12.1 Å². The van der Waals surface area contributed by atoms with Crippen LogP contribution in [-0.4, -0.2) is 4.98 Å². The van der Waals surface area contributed by atoms with E-state index >= 15 is 0 Å². The molecule has 0 radical (unpaired) electrons. The van der Waals surface area contributed by atoms with E-state index in [0.29, 0.717) is 6.61 Å². The maximum absolute atomic E-state index is 5.65. The van der Waals surface area contributed by atoms with E-state index in [1.165, 1.54) is 5.56 Å². The zero-order valence-electron chi connectivity index (χ0n) is 8.98. The van der Waals surface area contributed by atoms with Crippen LogP contribution in [0.1, 0.15) is 11.1 Å². The minimum absolute atomic E-state index is 0.560. The fraction of sp³-hybridized carbons (Fsp3) is 0.154. The standard InChI is InChI=1S/C13H12BrNO/c1-10-4-6-11(7-5-10)9-16-12-3-2-8-15-13(12)14/h2-8H,9H2,1H3. The molecule has 0 spiro atoms. The van der Waals surface area contributed by atoms with Crippen LogP contribution >= 0.6 is 15.9 Å². The van der Waals surface area contributed by atoms with Crippen LogP contribution < -0.4 is 4.74 Å². The Morgan fingerprint density at radius 3 is 2.62 bits per heavy atom. The SMILES string of the molecule is Cc1ccc(COc2cccnc2Br)cc1. The van der Waals surface area contributed by atoms with Crippen molar-refractivity contribution in [1.82, 2.24) is 4.98 Å². The Morgan fingerprint density at radius 1 is 1.19 bits per heavy atom. The largest absolute Gasteiger partial charge is 0.486 e. The fourth-order valence-corrected chi connectivity index (χ4v) is 1.69. The summed E-state index contributed by atoms with van der Waals surface area (Å²) in [5, 5.41) is 0. The van der Waals surface area contributed by atoms with Gasteiger partial charge in [0, 0.05) is 6.20 Å². The van der Waals surface area contributed by atoms with Gasteiger partial charge in [-0.05, 0) is 40.5 Å². The average Bonchev–Trinajstić information content (AvgIpc) is 2.30. The summed E-state index contributed by atoms with van der Waals surface area (Å²) in [6.45, 7) is 2.63. The molecule has 3 heteroatoms. The van der Waals surface area contributed by atoms with Gasteiger partial charge in [-0.15, -0.1) is 0 Å². The first kappa shape index (κ1) is 11.1. The van der Waals surface area contributed by atoms with E-state index < -0.39 is 0 Å². The second kappa shape index (κ2) is 5.12. The smallest absolute Gasteiger partial charge is 0.152 e. The Bertz CT molecular complexity index is 468. The molecule has 0 bridgehead atoms. The zero-order chi connectivity index (χ0) is 11.4. The summed E-state index contributed by atoms with van der Waals surface area (Å²) in [6.07, 6.45) is 1.73. The lowest BCUT2D eigenvalue weighted by molar-refractivity contribution is 0.302. The molecule has 0 aliphatic heterocycles. The highest BCUT2D eigenvalue weighted by Gasteiger charge is 2.00. The number of ether oxygens (including phenoxy) is 1. The Balaban J connectivity index is 2.02. The van der Waals surface area contributed by atoms with Gasteiger partial charge in [-0.25, -0.2) is 4.98 Å². The quantitative estimate of drug-likeness (QED) is 0.798. The maximum atomic E-state index is 5.65. The van der Waals surface area contributed by atoms with Crippen molar-refractivity contribution in [2.45, 2.75) is 13.5 Å². The molecule has 0 saturated carbocycles. The molecule has 2 rings (SSSR count). The summed E-state index contributed by atoms with van der Waals surface area (Å²) >= 11 is 3.35. The number of nitrogens with zero attached hydrogens (tertiary/aromatic N) is 1. The first-order valence-corrected chi connectivity index (χ1v) is 5.84. The summed E-state index contributed by atoms with van der Waals surface area (Å²) in [5.41, 5.74) is 2.41. The number of aryl methyl sites for hydroxylation is 1. The van der Waals surface area contributed by atoms with Gasteiger partial charge in [0.05, 0.1) is 0 Å². The molecule has 1 aromatic heterocycles. The van der Waals surface area contributed by atoms with Crippen LogP contribution in [0.4, 0.5) is 0 Å². The van der Waals surface area contributed by atoms with E-state index in [1.54, 1.807) is 6.20 Å². The predicted octanol–water partition coefficient (Wildman–Crippen LogP) is 3.73. The molecule has 2 aromatic rings. The van der Waals surface area contributed by atoms with Crippen molar-refractivity contribution < 1.29 is 4.74 Å². The molecular formula is C13H12BrNO. The van der Waals surface area contributed by atoms with Crippen molar-refractivity contribution in [1.29, 1.82) is 0 Å². The van der Waals surface area contributed by atoms with Crippen molar-refractivity contribution in [3.63, 3.8) is 0 Å². The van der Waals surface area contributed by atoms with Crippen LogP contribution in [-0.2, 0) is 6.61 Å². The first-order chi connectivity index (χ1) is 7.75. The normalized spacial score (nSPS) is 10.1. The van der Waals surface area contributed by atoms with Crippen LogP contribution in [0.25, 0.3) is 0 Å². The van der Waals surface area contributed by atoms with Gasteiger partial charge in [-0.3, -0.25) is 0 Å². The molecule has 0 saturated heterocycles. The minimum Gasteiger partial charge on any atom is -0.486 e. The monoisotopic (exact) mass is 277 g/mol. The van der Waals surface area contributed by atoms with Gasteiger partial charge >= 0.3 is 0 Å². The van der Waals surface area contributed by atoms with Gasteiger partial charge < -0.3 is 4.74 Å². The van der Waals surface area contributed by atoms with Crippen molar-refractivity contribution in [3.8, 4) is 5.75 Å².